The summed E-state index contributed by atoms with van der Waals surface area (Å²) in [4.78, 5) is 25.3. The van der Waals surface area contributed by atoms with Gasteiger partial charge in [-0.3, -0.25) is 9.59 Å². The smallest absolute Gasteiger partial charge is 0.297 e. The van der Waals surface area contributed by atoms with Crippen LogP contribution in [-0.2, 0) is 9.59 Å². The minimum atomic E-state index is -0.578. The SMILES string of the molecule is CC1C=C2C(=O)N=NC(N(F)c3ccc(I)cc3)=C2N(C)C1=O. The third-order valence-corrected chi connectivity index (χ3v) is 4.36. The number of hydrogen-bond donors (Lipinski definition) is 0. The van der Waals surface area contributed by atoms with Crippen molar-refractivity contribution in [3.8, 4) is 0 Å². The van der Waals surface area contributed by atoms with Crippen LogP contribution in [-0.4, -0.2) is 23.8 Å². The maximum atomic E-state index is 14.8. The molecule has 1 unspecified atom stereocenters. The standard InChI is InChI=1S/C15H12FIN4O2/c1-8-7-11-12(20(2)15(8)23)13(18-19-14(11)22)21(16)10-5-3-9(17)4-6-10/h3-8H,1-2H3. The number of nitrogens with zero attached hydrogens (tertiary/aromatic N) is 4. The average molecular weight is 426 g/mol. The van der Waals surface area contributed by atoms with Gasteiger partial charge in [-0.05, 0) is 46.9 Å². The second-order valence-corrected chi connectivity index (χ2v) is 6.45. The van der Waals surface area contributed by atoms with E-state index in [0.717, 1.165) is 3.57 Å². The Balaban J connectivity index is 2.13. The fourth-order valence-electron chi connectivity index (χ4n) is 2.46. The van der Waals surface area contributed by atoms with E-state index in [0.29, 0.717) is 5.12 Å². The largest absolute Gasteiger partial charge is 0.311 e. The number of carbonyl (C=O) groups excluding carboxylic acids is 2. The van der Waals surface area contributed by atoms with Crippen LogP contribution < -0.4 is 5.12 Å². The van der Waals surface area contributed by atoms with Gasteiger partial charge in [0.05, 0.1) is 17.2 Å². The summed E-state index contributed by atoms with van der Waals surface area (Å²) in [5, 5.41) is 7.49. The zero-order chi connectivity index (χ0) is 16.7. The van der Waals surface area contributed by atoms with Gasteiger partial charge in [0.1, 0.15) is 5.70 Å². The molecule has 0 saturated carbocycles. The normalized spacial score (nSPS) is 20.6. The van der Waals surface area contributed by atoms with E-state index in [4.69, 9.17) is 0 Å². The van der Waals surface area contributed by atoms with E-state index in [9.17, 15) is 14.1 Å². The van der Waals surface area contributed by atoms with E-state index in [-0.39, 0.29) is 28.7 Å². The Kier molecular flexibility index (Phi) is 4.00. The molecule has 0 N–H and O–H groups in total. The monoisotopic (exact) mass is 426 g/mol. The van der Waals surface area contributed by atoms with Crippen LogP contribution in [0.15, 0.2) is 57.7 Å². The molecule has 1 atom stereocenters. The van der Waals surface area contributed by atoms with Crippen molar-refractivity contribution in [1.82, 2.24) is 4.90 Å². The first-order valence-electron chi connectivity index (χ1n) is 6.81. The predicted molar refractivity (Wildman–Crippen MR) is 89.7 cm³/mol. The van der Waals surface area contributed by atoms with Crippen LogP contribution >= 0.6 is 22.6 Å². The van der Waals surface area contributed by atoms with Crippen LogP contribution in [0.4, 0.5) is 10.2 Å². The van der Waals surface area contributed by atoms with Gasteiger partial charge in [0.25, 0.3) is 5.91 Å². The lowest BCUT2D eigenvalue weighted by Gasteiger charge is -2.32. The van der Waals surface area contributed by atoms with Crippen LogP contribution in [0, 0.1) is 9.49 Å². The lowest BCUT2D eigenvalue weighted by molar-refractivity contribution is -0.131. The van der Waals surface area contributed by atoms with Gasteiger partial charge in [-0.25, -0.2) is 0 Å². The van der Waals surface area contributed by atoms with Crippen LogP contribution in [0.5, 0.6) is 0 Å². The molecule has 1 aromatic rings. The Labute approximate surface area is 145 Å². The fraction of sp³-hybridized carbons (Fsp3) is 0.200. The number of likely N-dealkylation sites (N-methyl/N-ethyl adjacent to an activating group) is 1. The highest BCUT2D eigenvalue weighted by atomic mass is 127. The zero-order valence-corrected chi connectivity index (χ0v) is 14.5. The number of rotatable bonds is 2. The number of hydrogen-bond acceptors (Lipinski definition) is 4. The molecule has 23 heavy (non-hydrogen) atoms. The zero-order valence-electron chi connectivity index (χ0n) is 12.3. The highest BCUT2D eigenvalue weighted by Crippen LogP contribution is 2.35. The molecule has 0 aromatic heterocycles. The van der Waals surface area contributed by atoms with Crippen LogP contribution in [0.3, 0.4) is 0 Å². The van der Waals surface area contributed by atoms with Gasteiger partial charge in [-0.2, -0.15) is 5.12 Å². The summed E-state index contributed by atoms with van der Waals surface area (Å²) in [6, 6.07) is 6.65. The van der Waals surface area contributed by atoms with Crippen molar-refractivity contribution >= 4 is 40.1 Å². The highest BCUT2D eigenvalue weighted by molar-refractivity contribution is 14.1. The molecule has 0 bridgehead atoms. The Morgan fingerprint density at radius 2 is 1.87 bits per heavy atom. The van der Waals surface area contributed by atoms with Gasteiger partial charge in [0.15, 0.2) is 0 Å². The summed E-state index contributed by atoms with van der Waals surface area (Å²) >= 11 is 2.11. The first-order chi connectivity index (χ1) is 10.9. The van der Waals surface area contributed by atoms with Crippen molar-refractivity contribution in [2.24, 2.45) is 16.1 Å². The Hall–Kier alpha value is -2.10. The summed E-state index contributed by atoms with van der Waals surface area (Å²) in [7, 11) is 1.50. The van der Waals surface area contributed by atoms with E-state index in [1.54, 1.807) is 31.2 Å². The number of azo groups is 1. The summed E-state index contributed by atoms with van der Waals surface area (Å²) in [5.41, 5.74) is 0.562. The molecule has 6 nitrogen and oxygen atoms in total. The first-order valence-corrected chi connectivity index (χ1v) is 7.89. The van der Waals surface area contributed by atoms with Crippen molar-refractivity contribution in [3.05, 3.63) is 51.0 Å². The van der Waals surface area contributed by atoms with Crippen molar-refractivity contribution < 1.29 is 14.1 Å². The third kappa shape index (κ3) is 2.67. The molecule has 0 fully saturated rings. The summed E-state index contributed by atoms with van der Waals surface area (Å²) < 4.78 is 15.7. The molecule has 2 aliphatic rings. The molecule has 2 amide bonds. The number of fused-ring (bicyclic) bond motifs is 1. The molecular weight excluding hydrogens is 414 g/mol. The van der Waals surface area contributed by atoms with Gasteiger partial charge in [0.2, 0.25) is 11.7 Å². The minimum absolute atomic E-state index is 0.133. The van der Waals surface area contributed by atoms with Crippen LogP contribution in [0.25, 0.3) is 0 Å². The lowest BCUT2D eigenvalue weighted by atomic mass is 9.96. The summed E-state index contributed by atoms with van der Waals surface area (Å²) in [6.45, 7) is 1.67. The second kappa shape index (κ2) is 5.84. The molecule has 2 heterocycles. The molecule has 0 spiro atoms. The molecule has 0 radical (unpaired) electrons. The van der Waals surface area contributed by atoms with Gasteiger partial charge in [0, 0.05) is 10.6 Å². The third-order valence-electron chi connectivity index (χ3n) is 3.64. The number of benzene rings is 1. The van der Waals surface area contributed by atoms with Crippen LogP contribution in [0.2, 0.25) is 0 Å². The van der Waals surface area contributed by atoms with E-state index < -0.39 is 11.8 Å². The van der Waals surface area contributed by atoms with Crippen molar-refractivity contribution in [2.75, 3.05) is 12.2 Å². The van der Waals surface area contributed by atoms with E-state index in [1.807, 2.05) is 0 Å². The lowest BCUT2D eigenvalue weighted by Crippen LogP contribution is -2.39. The average Bonchev–Trinajstić information content (AvgIpc) is 2.54. The molecule has 8 heteroatoms. The highest BCUT2D eigenvalue weighted by Gasteiger charge is 2.37. The maximum Gasteiger partial charge on any atom is 0.297 e. The molecule has 0 aliphatic carbocycles. The number of anilines is 1. The van der Waals surface area contributed by atoms with Crippen molar-refractivity contribution in [1.29, 1.82) is 0 Å². The second-order valence-electron chi connectivity index (χ2n) is 5.20. The Morgan fingerprint density at radius 1 is 1.22 bits per heavy atom. The fourth-order valence-corrected chi connectivity index (χ4v) is 2.82. The topological polar surface area (TPSA) is 65.3 Å². The molecule has 3 rings (SSSR count). The number of amides is 2. The van der Waals surface area contributed by atoms with Gasteiger partial charge >= 0.3 is 0 Å². The van der Waals surface area contributed by atoms with Crippen LogP contribution in [0.1, 0.15) is 6.92 Å². The molecule has 2 aliphatic heterocycles. The molecular formula is C15H12FIN4O2. The van der Waals surface area contributed by atoms with E-state index in [2.05, 4.69) is 32.8 Å². The van der Waals surface area contributed by atoms with Gasteiger partial charge < -0.3 is 4.90 Å². The predicted octanol–water partition coefficient (Wildman–Crippen LogP) is 3.18. The maximum absolute atomic E-state index is 14.8. The Morgan fingerprint density at radius 3 is 2.52 bits per heavy atom. The number of carbonyl (C=O) groups is 2. The molecule has 1 aromatic carbocycles. The molecule has 118 valence electrons. The quantitative estimate of drug-likeness (QED) is 0.539. The molecule has 0 saturated heterocycles. The Bertz CT molecular complexity index is 785. The van der Waals surface area contributed by atoms with Gasteiger partial charge in [-0.1, -0.05) is 17.5 Å². The van der Waals surface area contributed by atoms with E-state index >= 15 is 0 Å². The van der Waals surface area contributed by atoms with Gasteiger partial charge in [-0.15, -0.1) is 10.2 Å². The summed E-state index contributed by atoms with van der Waals surface area (Å²) in [5.74, 6) is -1.46. The van der Waals surface area contributed by atoms with Crippen molar-refractivity contribution in [2.45, 2.75) is 6.92 Å². The first kappa shape index (κ1) is 15.8. The van der Waals surface area contributed by atoms with E-state index in [1.165, 1.54) is 18.0 Å². The number of halogens is 2. The summed E-state index contributed by atoms with van der Waals surface area (Å²) in [6.07, 6.45) is 1.50. The minimum Gasteiger partial charge on any atom is -0.311 e. The van der Waals surface area contributed by atoms with Crippen molar-refractivity contribution in [3.63, 3.8) is 0 Å².